The van der Waals surface area contributed by atoms with Gasteiger partial charge in [0.25, 0.3) is 0 Å². The van der Waals surface area contributed by atoms with Crippen LogP contribution in [0.3, 0.4) is 0 Å². The Hall–Kier alpha value is -0.910. The molecule has 1 aromatic carbocycles. The van der Waals surface area contributed by atoms with Gasteiger partial charge in [-0.05, 0) is 36.4 Å². The lowest BCUT2D eigenvalue weighted by Crippen LogP contribution is -2.23. The maximum Gasteiger partial charge on any atom is 0.231 e. The quantitative estimate of drug-likeness (QED) is 0.710. The van der Waals surface area contributed by atoms with Crippen LogP contribution in [0.5, 0.6) is 11.5 Å². The maximum absolute atomic E-state index is 5.45. The first kappa shape index (κ1) is 15.5. The molecule has 0 fully saturated rings. The van der Waals surface area contributed by atoms with E-state index >= 15 is 0 Å². The van der Waals surface area contributed by atoms with Crippen LogP contribution in [-0.2, 0) is 4.74 Å². The highest BCUT2D eigenvalue weighted by molar-refractivity contribution is 7.99. The third-order valence-corrected chi connectivity index (χ3v) is 4.32. The van der Waals surface area contributed by atoms with E-state index in [0.717, 1.165) is 42.6 Å². The molecule has 5 heteroatoms. The number of hydrogen-bond acceptors (Lipinski definition) is 5. The maximum atomic E-state index is 5.45. The van der Waals surface area contributed by atoms with Crippen molar-refractivity contribution < 1.29 is 14.2 Å². The lowest BCUT2D eigenvalue weighted by Gasteiger charge is -2.18. The minimum atomic E-state index is 0.330. The van der Waals surface area contributed by atoms with Crippen molar-refractivity contribution in [2.45, 2.75) is 19.4 Å². The van der Waals surface area contributed by atoms with Gasteiger partial charge in [-0.1, -0.05) is 13.0 Å². The summed E-state index contributed by atoms with van der Waals surface area (Å²) in [7, 11) is 1.75. The number of ether oxygens (including phenoxy) is 3. The van der Waals surface area contributed by atoms with Gasteiger partial charge in [-0.25, -0.2) is 0 Å². The summed E-state index contributed by atoms with van der Waals surface area (Å²) >= 11 is 1.95. The number of fused-ring (bicyclic) bond motifs is 1. The van der Waals surface area contributed by atoms with Crippen LogP contribution in [0.15, 0.2) is 18.2 Å². The van der Waals surface area contributed by atoms with E-state index in [1.54, 1.807) is 7.11 Å². The SMILES string of the molecule is CCNC(CSCCCOC)c1ccc2c(c1)OCO2. The largest absolute Gasteiger partial charge is 0.454 e. The summed E-state index contributed by atoms with van der Waals surface area (Å²) in [6.45, 7) is 4.26. The molecule has 0 aromatic heterocycles. The van der Waals surface area contributed by atoms with Gasteiger partial charge in [0.2, 0.25) is 6.79 Å². The highest BCUT2D eigenvalue weighted by Gasteiger charge is 2.17. The van der Waals surface area contributed by atoms with E-state index in [2.05, 4.69) is 24.4 Å². The second kappa shape index (κ2) is 8.39. The summed E-state index contributed by atoms with van der Waals surface area (Å²) < 4.78 is 15.9. The van der Waals surface area contributed by atoms with Gasteiger partial charge in [-0.2, -0.15) is 11.8 Å². The first-order valence-corrected chi connectivity index (χ1v) is 8.20. The van der Waals surface area contributed by atoms with Gasteiger partial charge in [-0.3, -0.25) is 0 Å². The Morgan fingerprint density at radius 1 is 1.35 bits per heavy atom. The molecule has 0 spiro atoms. The number of thioether (sulfide) groups is 1. The van der Waals surface area contributed by atoms with Crippen LogP contribution in [0.25, 0.3) is 0 Å². The van der Waals surface area contributed by atoms with Crippen molar-refractivity contribution in [3.63, 3.8) is 0 Å². The van der Waals surface area contributed by atoms with E-state index in [9.17, 15) is 0 Å². The van der Waals surface area contributed by atoms with Gasteiger partial charge in [0, 0.05) is 25.5 Å². The molecular formula is C15H23NO3S. The van der Waals surface area contributed by atoms with Crippen molar-refractivity contribution in [1.82, 2.24) is 5.32 Å². The molecule has 20 heavy (non-hydrogen) atoms. The van der Waals surface area contributed by atoms with E-state index in [1.807, 2.05) is 17.8 Å². The van der Waals surface area contributed by atoms with E-state index in [0.29, 0.717) is 12.8 Å². The van der Waals surface area contributed by atoms with Gasteiger partial charge < -0.3 is 19.5 Å². The Bertz CT molecular complexity index is 414. The second-order valence-electron chi connectivity index (χ2n) is 4.64. The van der Waals surface area contributed by atoms with Crippen LogP contribution in [-0.4, -0.2) is 38.6 Å². The van der Waals surface area contributed by atoms with Crippen LogP contribution in [0.1, 0.15) is 24.9 Å². The van der Waals surface area contributed by atoms with E-state index in [1.165, 1.54) is 5.56 Å². The highest BCUT2D eigenvalue weighted by atomic mass is 32.2. The minimum Gasteiger partial charge on any atom is -0.454 e. The molecule has 1 aliphatic heterocycles. The number of rotatable bonds is 9. The Morgan fingerprint density at radius 3 is 3.00 bits per heavy atom. The molecule has 1 heterocycles. The Labute approximate surface area is 125 Å². The van der Waals surface area contributed by atoms with Gasteiger partial charge in [-0.15, -0.1) is 0 Å². The molecular weight excluding hydrogens is 274 g/mol. The standard InChI is InChI=1S/C15H23NO3S/c1-3-16-13(10-20-8-4-7-17-2)12-5-6-14-15(9-12)19-11-18-14/h5-6,9,13,16H,3-4,7-8,10-11H2,1-2H3. The third-order valence-electron chi connectivity index (χ3n) is 3.17. The van der Waals surface area contributed by atoms with Gasteiger partial charge in [0.1, 0.15) is 0 Å². The number of hydrogen-bond donors (Lipinski definition) is 1. The van der Waals surface area contributed by atoms with E-state index < -0.39 is 0 Å². The van der Waals surface area contributed by atoms with Crippen LogP contribution >= 0.6 is 11.8 Å². The van der Waals surface area contributed by atoms with E-state index in [-0.39, 0.29) is 0 Å². The Balaban J connectivity index is 1.90. The molecule has 1 aromatic rings. The molecule has 1 unspecified atom stereocenters. The predicted octanol–water partition coefficient (Wildman–Crippen LogP) is 2.84. The molecule has 4 nitrogen and oxygen atoms in total. The summed E-state index contributed by atoms with van der Waals surface area (Å²) in [5.41, 5.74) is 1.26. The van der Waals surface area contributed by atoms with E-state index in [4.69, 9.17) is 14.2 Å². The second-order valence-corrected chi connectivity index (χ2v) is 5.79. The summed E-state index contributed by atoms with van der Waals surface area (Å²) in [5, 5.41) is 3.53. The fourth-order valence-electron chi connectivity index (χ4n) is 2.16. The van der Waals surface area contributed by atoms with Crippen molar-refractivity contribution in [2.24, 2.45) is 0 Å². The third kappa shape index (κ3) is 4.30. The molecule has 0 radical (unpaired) electrons. The fraction of sp³-hybridized carbons (Fsp3) is 0.600. The van der Waals surface area contributed by atoms with Crippen LogP contribution in [0, 0.1) is 0 Å². The number of nitrogens with one attached hydrogen (secondary N) is 1. The molecule has 0 aliphatic carbocycles. The molecule has 1 N–H and O–H groups in total. The average molecular weight is 297 g/mol. The Morgan fingerprint density at radius 2 is 2.20 bits per heavy atom. The average Bonchev–Trinajstić information content (AvgIpc) is 2.93. The zero-order valence-corrected chi connectivity index (χ0v) is 13.0. The van der Waals surface area contributed by atoms with Crippen LogP contribution in [0.4, 0.5) is 0 Å². The first-order chi connectivity index (χ1) is 9.85. The summed E-state index contributed by atoms with van der Waals surface area (Å²) in [5.74, 6) is 3.88. The molecule has 112 valence electrons. The monoisotopic (exact) mass is 297 g/mol. The smallest absolute Gasteiger partial charge is 0.231 e. The zero-order valence-electron chi connectivity index (χ0n) is 12.2. The molecule has 1 aliphatic rings. The Kier molecular flexibility index (Phi) is 6.50. The predicted molar refractivity (Wildman–Crippen MR) is 82.8 cm³/mol. The number of benzene rings is 1. The molecule has 0 amide bonds. The highest BCUT2D eigenvalue weighted by Crippen LogP contribution is 2.34. The van der Waals surface area contributed by atoms with Gasteiger partial charge >= 0.3 is 0 Å². The van der Waals surface area contributed by atoms with Crippen LogP contribution in [0.2, 0.25) is 0 Å². The van der Waals surface area contributed by atoms with Crippen LogP contribution < -0.4 is 14.8 Å². The molecule has 2 rings (SSSR count). The molecule has 1 atom stereocenters. The first-order valence-electron chi connectivity index (χ1n) is 7.04. The van der Waals surface area contributed by atoms with Crippen molar-refractivity contribution >= 4 is 11.8 Å². The summed E-state index contributed by atoms with van der Waals surface area (Å²) in [6, 6.07) is 6.56. The summed E-state index contributed by atoms with van der Waals surface area (Å²) in [4.78, 5) is 0. The molecule has 0 saturated heterocycles. The lowest BCUT2D eigenvalue weighted by molar-refractivity contribution is 0.174. The van der Waals surface area contributed by atoms with Crippen molar-refractivity contribution in [3.8, 4) is 11.5 Å². The van der Waals surface area contributed by atoms with Crippen molar-refractivity contribution in [2.75, 3.05) is 38.6 Å². The van der Waals surface area contributed by atoms with Crippen molar-refractivity contribution in [1.29, 1.82) is 0 Å². The van der Waals surface area contributed by atoms with Gasteiger partial charge in [0.05, 0.1) is 0 Å². The number of methoxy groups -OCH3 is 1. The zero-order chi connectivity index (χ0) is 14.2. The summed E-state index contributed by atoms with van der Waals surface area (Å²) in [6.07, 6.45) is 1.10. The fourth-order valence-corrected chi connectivity index (χ4v) is 3.19. The normalized spacial score (nSPS) is 14.5. The molecule has 0 saturated carbocycles. The molecule has 0 bridgehead atoms. The van der Waals surface area contributed by atoms with Gasteiger partial charge in [0.15, 0.2) is 11.5 Å². The van der Waals surface area contributed by atoms with Crippen molar-refractivity contribution in [3.05, 3.63) is 23.8 Å². The lowest BCUT2D eigenvalue weighted by atomic mass is 10.1. The topological polar surface area (TPSA) is 39.7 Å². The minimum absolute atomic E-state index is 0.330.